The largest absolute Gasteiger partial charge is 0.380 e. The summed E-state index contributed by atoms with van der Waals surface area (Å²) in [5.41, 5.74) is 6.55. The SMILES string of the molecule is COC(CN)CC(=O)Nc1ccc2c(c1)C(=O)N(C)C2=O. The molecule has 112 valence electrons. The summed E-state index contributed by atoms with van der Waals surface area (Å²) < 4.78 is 5.04. The van der Waals surface area contributed by atoms with Crippen molar-refractivity contribution in [3.8, 4) is 0 Å². The number of imide groups is 1. The lowest BCUT2D eigenvalue weighted by Crippen LogP contribution is -2.28. The number of rotatable bonds is 5. The monoisotopic (exact) mass is 291 g/mol. The predicted molar refractivity (Wildman–Crippen MR) is 76.0 cm³/mol. The van der Waals surface area contributed by atoms with Gasteiger partial charge in [0.05, 0.1) is 23.7 Å². The lowest BCUT2D eigenvalue weighted by Gasteiger charge is -2.12. The summed E-state index contributed by atoms with van der Waals surface area (Å²) in [4.78, 5) is 36.5. The number of amides is 3. The van der Waals surface area contributed by atoms with E-state index in [0.29, 0.717) is 16.8 Å². The number of methoxy groups -OCH3 is 1. The Bertz CT molecular complexity index is 596. The van der Waals surface area contributed by atoms with E-state index in [2.05, 4.69) is 5.32 Å². The zero-order chi connectivity index (χ0) is 15.6. The van der Waals surface area contributed by atoms with Gasteiger partial charge in [0.1, 0.15) is 0 Å². The average molecular weight is 291 g/mol. The van der Waals surface area contributed by atoms with Gasteiger partial charge in [-0.2, -0.15) is 0 Å². The van der Waals surface area contributed by atoms with Gasteiger partial charge < -0.3 is 15.8 Å². The summed E-state index contributed by atoms with van der Waals surface area (Å²) in [5.74, 6) is -0.976. The lowest BCUT2D eigenvalue weighted by atomic mass is 10.1. The first kappa shape index (κ1) is 15.1. The first-order chi connectivity index (χ1) is 9.97. The maximum absolute atomic E-state index is 11.9. The van der Waals surface area contributed by atoms with Crippen molar-refractivity contribution >= 4 is 23.4 Å². The summed E-state index contributed by atoms with van der Waals surface area (Å²) >= 11 is 0. The number of fused-ring (bicyclic) bond motifs is 1. The van der Waals surface area contributed by atoms with Gasteiger partial charge in [-0.1, -0.05) is 0 Å². The third kappa shape index (κ3) is 2.93. The number of hydrogen-bond donors (Lipinski definition) is 2. The minimum Gasteiger partial charge on any atom is -0.380 e. The van der Waals surface area contributed by atoms with Gasteiger partial charge in [0.2, 0.25) is 5.91 Å². The summed E-state index contributed by atoms with van der Waals surface area (Å²) in [6.07, 6.45) is -0.231. The maximum atomic E-state index is 11.9. The number of anilines is 1. The van der Waals surface area contributed by atoms with Crippen molar-refractivity contribution in [2.45, 2.75) is 12.5 Å². The molecule has 2 rings (SSSR count). The summed E-state index contributed by atoms with van der Waals surface area (Å²) in [6.45, 7) is 0.242. The van der Waals surface area contributed by atoms with Crippen LogP contribution in [0.15, 0.2) is 18.2 Å². The summed E-state index contributed by atoms with van der Waals surface area (Å²) in [7, 11) is 2.91. The number of carbonyl (C=O) groups excluding carboxylic acids is 3. The number of carbonyl (C=O) groups is 3. The number of nitrogens with zero attached hydrogens (tertiary/aromatic N) is 1. The van der Waals surface area contributed by atoms with Crippen LogP contribution >= 0.6 is 0 Å². The molecule has 7 nitrogen and oxygen atoms in total. The molecular formula is C14H17N3O4. The first-order valence-corrected chi connectivity index (χ1v) is 6.47. The Morgan fingerprint density at radius 3 is 2.62 bits per heavy atom. The fraction of sp³-hybridized carbons (Fsp3) is 0.357. The number of nitrogens with one attached hydrogen (secondary N) is 1. The third-order valence-corrected chi connectivity index (χ3v) is 3.38. The van der Waals surface area contributed by atoms with Crippen molar-refractivity contribution in [2.24, 2.45) is 5.73 Å². The molecule has 1 atom stereocenters. The molecule has 1 aromatic carbocycles. The highest BCUT2D eigenvalue weighted by Gasteiger charge is 2.32. The molecule has 0 bridgehead atoms. The molecule has 3 N–H and O–H groups in total. The molecule has 0 saturated heterocycles. The van der Waals surface area contributed by atoms with Crippen LogP contribution in [0.4, 0.5) is 5.69 Å². The van der Waals surface area contributed by atoms with Crippen LogP contribution in [0.1, 0.15) is 27.1 Å². The zero-order valence-corrected chi connectivity index (χ0v) is 11.9. The van der Waals surface area contributed by atoms with Crippen LogP contribution in [0.3, 0.4) is 0 Å². The van der Waals surface area contributed by atoms with Crippen molar-refractivity contribution in [3.05, 3.63) is 29.3 Å². The summed E-state index contributed by atoms with van der Waals surface area (Å²) in [5, 5.41) is 2.66. The Kier molecular flexibility index (Phi) is 4.35. The molecule has 1 unspecified atom stereocenters. The van der Waals surface area contributed by atoms with Gasteiger partial charge in [-0.05, 0) is 18.2 Å². The van der Waals surface area contributed by atoms with Gasteiger partial charge in [-0.25, -0.2) is 0 Å². The molecule has 7 heteroatoms. The van der Waals surface area contributed by atoms with Gasteiger partial charge >= 0.3 is 0 Å². The van der Waals surface area contributed by atoms with E-state index in [9.17, 15) is 14.4 Å². The molecule has 1 aliphatic rings. The fourth-order valence-corrected chi connectivity index (χ4v) is 2.12. The maximum Gasteiger partial charge on any atom is 0.261 e. The van der Waals surface area contributed by atoms with Crippen LogP contribution in [0.25, 0.3) is 0 Å². The van der Waals surface area contributed by atoms with E-state index < -0.39 is 0 Å². The second-order valence-electron chi connectivity index (χ2n) is 4.78. The van der Waals surface area contributed by atoms with E-state index in [1.54, 1.807) is 6.07 Å². The lowest BCUT2D eigenvalue weighted by molar-refractivity contribution is -0.118. The Labute approximate surface area is 122 Å². The molecule has 21 heavy (non-hydrogen) atoms. The van der Waals surface area contributed by atoms with Gasteiger partial charge in [-0.3, -0.25) is 19.3 Å². The molecule has 1 aliphatic heterocycles. The first-order valence-electron chi connectivity index (χ1n) is 6.47. The second kappa shape index (κ2) is 6.02. The Morgan fingerprint density at radius 1 is 1.33 bits per heavy atom. The smallest absolute Gasteiger partial charge is 0.261 e. The van der Waals surface area contributed by atoms with Crippen molar-refractivity contribution in [2.75, 3.05) is 26.0 Å². The molecule has 0 spiro atoms. The van der Waals surface area contributed by atoms with Crippen LogP contribution < -0.4 is 11.1 Å². The molecule has 1 heterocycles. The highest BCUT2D eigenvalue weighted by molar-refractivity contribution is 6.21. The number of ether oxygens (including phenoxy) is 1. The quantitative estimate of drug-likeness (QED) is 0.755. The van der Waals surface area contributed by atoms with Gasteiger partial charge in [0.25, 0.3) is 11.8 Å². The van der Waals surface area contributed by atoms with Crippen LogP contribution in [0.5, 0.6) is 0 Å². The fourth-order valence-electron chi connectivity index (χ4n) is 2.12. The van der Waals surface area contributed by atoms with E-state index in [-0.39, 0.29) is 36.8 Å². The molecule has 1 aromatic rings. The molecule has 0 saturated carbocycles. The molecule has 0 radical (unpaired) electrons. The highest BCUT2D eigenvalue weighted by atomic mass is 16.5. The Morgan fingerprint density at radius 2 is 2.00 bits per heavy atom. The topological polar surface area (TPSA) is 102 Å². The normalized spacial score (nSPS) is 15.1. The van der Waals surface area contributed by atoms with Crippen LogP contribution in [0, 0.1) is 0 Å². The number of nitrogens with two attached hydrogens (primary N) is 1. The minimum absolute atomic E-state index is 0.122. The van der Waals surface area contributed by atoms with E-state index in [4.69, 9.17) is 10.5 Å². The van der Waals surface area contributed by atoms with E-state index >= 15 is 0 Å². The summed E-state index contributed by atoms with van der Waals surface area (Å²) in [6, 6.07) is 4.62. The van der Waals surface area contributed by atoms with Crippen LogP contribution in [-0.2, 0) is 9.53 Å². The van der Waals surface area contributed by atoms with Crippen LogP contribution in [0.2, 0.25) is 0 Å². The van der Waals surface area contributed by atoms with Gasteiger partial charge in [-0.15, -0.1) is 0 Å². The van der Waals surface area contributed by atoms with E-state index in [0.717, 1.165) is 4.90 Å². The number of benzene rings is 1. The molecular weight excluding hydrogens is 274 g/mol. The minimum atomic E-state index is -0.372. The van der Waals surface area contributed by atoms with E-state index in [1.807, 2.05) is 0 Å². The van der Waals surface area contributed by atoms with Crippen molar-refractivity contribution in [1.82, 2.24) is 4.90 Å². The molecule has 0 fully saturated rings. The van der Waals surface area contributed by atoms with Crippen molar-refractivity contribution < 1.29 is 19.1 Å². The van der Waals surface area contributed by atoms with Gasteiger partial charge in [0.15, 0.2) is 0 Å². The third-order valence-electron chi connectivity index (χ3n) is 3.38. The van der Waals surface area contributed by atoms with E-state index in [1.165, 1.54) is 26.3 Å². The molecule has 0 aromatic heterocycles. The molecule has 0 aliphatic carbocycles. The van der Waals surface area contributed by atoms with Crippen molar-refractivity contribution in [1.29, 1.82) is 0 Å². The standard InChI is InChI=1S/C14H17N3O4/c1-17-13(19)10-4-3-8(5-11(10)14(17)20)16-12(18)6-9(7-15)21-2/h3-5,9H,6-7,15H2,1-2H3,(H,16,18). The highest BCUT2D eigenvalue weighted by Crippen LogP contribution is 2.24. The molecule has 3 amide bonds. The van der Waals surface area contributed by atoms with Gasteiger partial charge in [0, 0.05) is 26.4 Å². The number of hydrogen-bond acceptors (Lipinski definition) is 5. The average Bonchev–Trinajstić information content (AvgIpc) is 2.69. The van der Waals surface area contributed by atoms with Crippen molar-refractivity contribution in [3.63, 3.8) is 0 Å². The predicted octanol–water partition coefficient (Wildman–Crippen LogP) is 0.215. The Balaban J connectivity index is 2.12. The zero-order valence-electron chi connectivity index (χ0n) is 11.9. The Hall–Kier alpha value is -2.25. The second-order valence-corrected chi connectivity index (χ2v) is 4.78. The van der Waals surface area contributed by atoms with Crippen LogP contribution in [-0.4, -0.2) is 49.4 Å².